The number of carbonyl (C=O) groups is 1. The lowest BCUT2D eigenvalue weighted by molar-refractivity contribution is 0.0239. The number of nitrogens with zero attached hydrogens (tertiary/aromatic N) is 1. The van der Waals surface area contributed by atoms with Crippen LogP contribution in [0.2, 0.25) is 0 Å². The molecule has 104 valence electrons. The van der Waals surface area contributed by atoms with Gasteiger partial charge >= 0.3 is 6.09 Å². The Hall–Kier alpha value is -0.990. The highest BCUT2D eigenvalue weighted by molar-refractivity contribution is 5.68. The van der Waals surface area contributed by atoms with Crippen LogP contribution in [0.25, 0.3) is 0 Å². The lowest BCUT2D eigenvalue weighted by Crippen LogP contribution is -2.40. The Morgan fingerprint density at radius 1 is 1.44 bits per heavy atom. The van der Waals surface area contributed by atoms with E-state index >= 15 is 0 Å². The number of carbonyl (C=O) groups excluding carboxylic acids is 1. The average molecular weight is 253 g/mol. The second-order valence-electron chi connectivity index (χ2n) is 6.32. The van der Waals surface area contributed by atoms with Gasteiger partial charge in [0.25, 0.3) is 0 Å². The third-order valence-corrected chi connectivity index (χ3v) is 3.15. The Morgan fingerprint density at radius 2 is 2.11 bits per heavy atom. The van der Waals surface area contributed by atoms with Gasteiger partial charge in [0, 0.05) is 13.1 Å². The van der Waals surface area contributed by atoms with Crippen LogP contribution < -0.4 is 0 Å². The normalized spacial score (nSPS) is 27.3. The first-order valence-corrected chi connectivity index (χ1v) is 6.96. The summed E-state index contributed by atoms with van der Waals surface area (Å²) in [7, 11) is 0. The van der Waals surface area contributed by atoms with Crippen LogP contribution in [0.1, 0.15) is 47.5 Å². The van der Waals surface area contributed by atoms with Crippen molar-refractivity contribution in [3.63, 3.8) is 0 Å². The van der Waals surface area contributed by atoms with Crippen LogP contribution in [-0.4, -0.2) is 29.7 Å². The number of amides is 1. The number of rotatable bonds is 1. The third-order valence-electron chi connectivity index (χ3n) is 3.15. The number of hydrogen-bond acceptors (Lipinski definition) is 2. The summed E-state index contributed by atoms with van der Waals surface area (Å²) in [5, 5.41) is 0. The van der Waals surface area contributed by atoms with E-state index in [9.17, 15) is 4.79 Å². The van der Waals surface area contributed by atoms with E-state index in [0.29, 0.717) is 18.4 Å². The standard InChI is InChI=1S/C15H27NO2/c1-6-13-8-7-9-16(11-12(2)10-13)14(17)18-15(3,4)5/h7-8,12-13H,6,9-11H2,1-5H3/b8-7-. The quantitative estimate of drug-likeness (QED) is 0.664. The largest absolute Gasteiger partial charge is 0.444 e. The van der Waals surface area contributed by atoms with E-state index in [1.165, 1.54) is 6.42 Å². The van der Waals surface area contributed by atoms with Crippen LogP contribution in [0, 0.1) is 11.8 Å². The van der Waals surface area contributed by atoms with E-state index in [1.807, 2.05) is 20.8 Å². The molecule has 3 nitrogen and oxygen atoms in total. The molecule has 0 aromatic rings. The molecule has 18 heavy (non-hydrogen) atoms. The van der Waals surface area contributed by atoms with Gasteiger partial charge in [0.1, 0.15) is 5.60 Å². The van der Waals surface area contributed by atoms with Gasteiger partial charge in [-0.25, -0.2) is 4.79 Å². The molecule has 0 radical (unpaired) electrons. The number of ether oxygens (including phenoxy) is 1. The summed E-state index contributed by atoms with van der Waals surface area (Å²) < 4.78 is 5.43. The Balaban J connectivity index is 2.64. The highest BCUT2D eigenvalue weighted by Crippen LogP contribution is 2.21. The molecule has 1 heterocycles. The van der Waals surface area contributed by atoms with E-state index in [2.05, 4.69) is 26.0 Å². The molecule has 3 heteroatoms. The van der Waals surface area contributed by atoms with Crippen molar-refractivity contribution in [1.29, 1.82) is 0 Å². The van der Waals surface area contributed by atoms with Crippen LogP contribution in [0.3, 0.4) is 0 Å². The van der Waals surface area contributed by atoms with Gasteiger partial charge in [-0.3, -0.25) is 0 Å². The van der Waals surface area contributed by atoms with Crippen molar-refractivity contribution in [3.8, 4) is 0 Å². The molecular weight excluding hydrogens is 226 g/mol. The molecule has 2 atom stereocenters. The number of allylic oxidation sites excluding steroid dienone is 1. The van der Waals surface area contributed by atoms with Crippen molar-refractivity contribution in [2.45, 2.75) is 53.1 Å². The molecule has 0 saturated heterocycles. The summed E-state index contributed by atoms with van der Waals surface area (Å²) >= 11 is 0. The van der Waals surface area contributed by atoms with Crippen LogP contribution in [0.4, 0.5) is 4.79 Å². The predicted octanol–water partition coefficient (Wildman–Crippen LogP) is 3.85. The summed E-state index contributed by atoms with van der Waals surface area (Å²) in [6.07, 6.45) is 6.46. The maximum absolute atomic E-state index is 12.0. The van der Waals surface area contributed by atoms with E-state index in [1.54, 1.807) is 4.90 Å². The minimum atomic E-state index is -0.418. The predicted molar refractivity (Wildman–Crippen MR) is 74.5 cm³/mol. The zero-order valence-corrected chi connectivity index (χ0v) is 12.4. The van der Waals surface area contributed by atoms with Gasteiger partial charge in [-0.15, -0.1) is 0 Å². The Labute approximate surface area is 111 Å². The summed E-state index contributed by atoms with van der Waals surface area (Å²) in [6.45, 7) is 11.6. The molecule has 1 amide bonds. The van der Waals surface area contributed by atoms with Crippen LogP contribution in [-0.2, 0) is 4.74 Å². The number of hydrogen-bond donors (Lipinski definition) is 0. The van der Waals surface area contributed by atoms with Gasteiger partial charge in [-0.1, -0.05) is 26.0 Å². The Morgan fingerprint density at radius 3 is 2.67 bits per heavy atom. The summed E-state index contributed by atoms with van der Waals surface area (Å²) in [4.78, 5) is 13.8. The summed E-state index contributed by atoms with van der Waals surface area (Å²) in [5.74, 6) is 1.17. The molecule has 0 spiro atoms. The SMILES string of the molecule is CCC1/C=C\CN(C(=O)OC(C)(C)C)CC(C)C1. The van der Waals surface area contributed by atoms with Crippen LogP contribution in [0.15, 0.2) is 12.2 Å². The first-order valence-electron chi connectivity index (χ1n) is 6.96. The lowest BCUT2D eigenvalue weighted by atomic mass is 9.92. The fourth-order valence-electron chi connectivity index (χ4n) is 2.28. The minimum Gasteiger partial charge on any atom is -0.444 e. The van der Waals surface area contributed by atoms with Crippen molar-refractivity contribution >= 4 is 6.09 Å². The fourth-order valence-corrected chi connectivity index (χ4v) is 2.28. The zero-order valence-electron chi connectivity index (χ0n) is 12.4. The van der Waals surface area contributed by atoms with Crippen molar-refractivity contribution in [3.05, 3.63) is 12.2 Å². The maximum atomic E-state index is 12.0. The first kappa shape index (κ1) is 15.1. The van der Waals surface area contributed by atoms with Gasteiger partial charge in [0.05, 0.1) is 0 Å². The van der Waals surface area contributed by atoms with Gasteiger partial charge in [0.2, 0.25) is 0 Å². The van der Waals surface area contributed by atoms with Crippen molar-refractivity contribution in [2.75, 3.05) is 13.1 Å². The molecular formula is C15H27NO2. The van der Waals surface area contributed by atoms with Crippen molar-refractivity contribution in [2.24, 2.45) is 11.8 Å². The van der Waals surface area contributed by atoms with Crippen molar-refractivity contribution in [1.82, 2.24) is 4.90 Å². The average Bonchev–Trinajstić information content (AvgIpc) is 2.20. The minimum absolute atomic E-state index is 0.200. The van der Waals surface area contributed by atoms with Gasteiger partial charge in [0.15, 0.2) is 0 Å². The molecule has 0 aliphatic carbocycles. The molecule has 0 bridgehead atoms. The molecule has 0 aromatic heterocycles. The first-order chi connectivity index (χ1) is 8.31. The van der Waals surface area contributed by atoms with Crippen LogP contribution >= 0.6 is 0 Å². The monoisotopic (exact) mass is 253 g/mol. The van der Waals surface area contributed by atoms with E-state index < -0.39 is 5.60 Å². The molecule has 1 aliphatic rings. The molecule has 0 aromatic carbocycles. The fraction of sp³-hybridized carbons (Fsp3) is 0.800. The molecule has 0 saturated carbocycles. The highest BCUT2D eigenvalue weighted by atomic mass is 16.6. The molecule has 0 fully saturated rings. The maximum Gasteiger partial charge on any atom is 0.410 e. The van der Waals surface area contributed by atoms with Gasteiger partial charge in [-0.05, 0) is 45.4 Å². The van der Waals surface area contributed by atoms with E-state index in [-0.39, 0.29) is 6.09 Å². The van der Waals surface area contributed by atoms with E-state index in [0.717, 1.165) is 13.0 Å². The topological polar surface area (TPSA) is 29.5 Å². The Bertz CT molecular complexity index is 304. The molecule has 0 N–H and O–H groups in total. The van der Waals surface area contributed by atoms with Gasteiger partial charge < -0.3 is 9.64 Å². The smallest absolute Gasteiger partial charge is 0.410 e. The molecule has 2 unspecified atom stereocenters. The zero-order chi connectivity index (χ0) is 13.8. The molecule has 1 aliphatic heterocycles. The Kier molecular flexibility index (Phi) is 5.24. The third kappa shape index (κ3) is 5.11. The molecule has 1 rings (SSSR count). The highest BCUT2D eigenvalue weighted by Gasteiger charge is 2.24. The van der Waals surface area contributed by atoms with Crippen molar-refractivity contribution < 1.29 is 9.53 Å². The van der Waals surface area contributed by atoms with Crippen LogP contribution in [0.5, 0.6) is 0 Å². The van der Waals surface area contributed by atoms with Gasteiger partial charge in [-0.2, -0.15) is 0 Å². The second kappa shape index (κ2) is 6.26. The lowest BCUT2D eigenvalue weighted by Gasteiger charge is -2.30. The summed E-state index contributed by atoms with van der Waals surface area (Å²) in [6, 6.07) is 0. The van der Waals surface area contributed by atoms with E-state index in [4.69, 9.17) is 4.74 Å². The second-order valence-corrected chi connectivity index (χ2v) is 6.32. The summed E-state index contributed by atoms with van der Waals surface area (Å²) in [5.41, 5.74) is -0.418.